The van der Waals surface area contributed by atoms with E-state index in [-0.39, 0.29) is 19.1 Å². The first-order valence-corrected chi connectivity index (χ1v) is 7.27. The second-order valence-corrected chi connectivity index (χ2v) is 5.45. The molecule has 110 valence electrons. The summed E-state index contributed by atoms with van der Waals surface area (Å²) in [5.41, 5.74) is 2.44. The predicted molar refractivity (Wildman–Crippen MR) is 85.4 cm³/mol. The third-order valence-electron chi connectivity index (χ3n) is 2.87. The smallest absolute Gasteiger partial charge is 0.262 e. The van der Waals surface area contributed by atoms with E-state index >= 15 is 0 Å². The number of carbonyl (C=O) groups is 1. The van der Waals surface area contributed by atoms with E-state index in [0.29, 0.717) is 15.8 Å². The van der Waals surface area contributed by atoms with Crippen molar-refractivity contribution in [3.63, 3.8) is 0 Å². The normalized spacial score (nSPS) is 10.2. The lowest BCUT2D eigenvalue weighted by molar-refractivity contribution is -0.118. The molecule has 0 saturated carbocycles. The predicted octanol–water partition coefficient (Wildman–Crippen LogP) is 3.27. The molecule has 4 nitrogen and oxygen atoms in total. The summed E-state index contributed by atoms with van der Waals surface area (Å²) in [6.07, 6.45) is 0. The molecular formula is C16H16BrNO3. The van der Waals surface area contributed by atoms with Crippen LogP contribution in [0.25, 0.3) is 0 Å². The maximum absolute atomic E-state index is 11.9. The molecule has 0 aromatic heterocycles. The van der Waals surface area contributed by atoms with Crippen molar-refractivity contribution in [1.82, 2.24) is 0 Å². The van der Waals surface area contributed by atoms with Crippen molar-refractivity contribution in [2.75, 3.05) is 11.9 Å². The molecule has 0 spiro atoms. The fourth-order valence-corrected chi connectivity index (χ4v) is 2.42. The largest absolute Gasteiger partial charge is 0.482 e. The number of aliphatic hydroxyl groups is 1. The van der Waals surface area contributed by atoms with Crippen LogP contribution in [-0.4, -0.2) is 17.6 Å². The Morgan fingerprint density at radius 2 is 2.05 bits per heavy atom. The number of aliphatic hydroxyl groups excluding tert-OH is 1. The number of anilines is 1. The van der Waals surface area contributed by atoms with Crippen LogP contribution < -0.4 is 10.1 Å². The van der Waals surface area contributed by atoms with Crippen LogP contribution in [-0.2, 0) is 11.4 Å². The summed E-state index contributed by atoms with van der Waals surface area (Å²) in [4.78, 5) is 11.9. The fourth-order valence-electron chi connectivity index (χ4n) is 1.90. The van der Waals surface area contributed by atoms with Gasteiger partial charge >= 0.3 is 0 Å². The molecule has 21 heavy (non-hydrogen) atoms. The molecule has 2 aromatic carbocycles. The summed E-state index contributed by atoms with van der Waals surface area (Å²) >= 11 is 3.35. The minimum atomic E-state index is -0.250. The van der Waals surface area contributed by atoms with Gasteiger partial charge in [0.05, 0.1) is 11.1 Å². The first kappa shape index (κ1) is 15.5. The number of nitrogens with one attached hydrogen (secondary N) is 1. The van der Waals surface area contributed by atoms with Gasteiger partial charge in [-0.25, -0.2) is 0 Å². The Morgan fingerprint density at radius 3 is 2.76 bits per heavy atom. The molecule has 0 fully saturated rings. The zero-order valence-electron chi connectivity index (χ0n) is 11.6. The van der Waals surface area contributed by atoms with E-state index in [2.05, 4.69) is 21.2 Å². The number of amides is 1. The first-order valence-electron chi connectivity index (χ1n) is 6.47. The minimum Gasteiger partial charge on any atom is -0.482 e. The second-order valence-electron chi connectivity index (χ2n) is 4.59. The van der Waals surface area contributed by atoms with Crippen molar-refractivity contribution < 1.29 is 14.6 Å². The highest BCUT2D eigenvalue weighted by Gasteiger charge is 2.10. The van der Waals surface area contributed by atoms with Gasteiger partial charge in [-0.1, -0.05) is 24.3 Å². The summed E-state index contributed by atoms with van der Waals surface area (Å²) in [6.45, 7) is 1.69. The summed E-state index contributed by atoms with van der Waals surface area (Å²) < 4.78 is 6.21. The van der Waals surface area contributed by atoms with Crippen molar-refractivity contribution in [3.05, 3.63) is 58.1 Å². The lowest BCUT2D eigenvalue weighted by atomic mass is 10.2. The highest BCUT2D eigenvalue weighted by Crippen LogP contribution is 2.29. The Labute approximate surface area is 131 Å². The van der Waals surface area contributed by atoms with Crippen molar-refractivity contribution in [3.8, 4) is 5.75 Å². The van der Waals surface area contributed by atoms with Gasteiger partial charge in [0.15, 0.2) is 6.61 Å². The van der Waals surface area contributed by atoms with Crippen LogP contribution in [0.15, 0.2) is 46.9 Å². The molecule has 0 saturated heterocycles. The molecule has 2 N–H and O–H groups in total. The molecule has 0 bridgehead atoms. The average molecular weight is 350 g/mol. The Kier molecular flexibility index (Phi) is 5.36. The van der Waals surface area contributed by atoms with Crippen LogP contribution in [0.1, 0.15) is 11.1 Å². The number of ether oxygens (including phenoxy) is 1. The number of benzene rings is 2. The van der Waals surface area contributed by atoms with Crippen LogP contribution in [0.2, 0.25) is 0 Å². The molecule has 0 aliphatic rings. The average Bonchev–Trinajstić information content (AvgIpc) is 2.45. The quantitative estimate of drug-likeness (QED) is 0.870. The standard InChI is InChI=1S/C16H16BrNO3/c1-11-4-2-6-13(8-11)18-15(20)10-21-16-12(9-19)5-3-7-14(16)17/h2-8,19H,9-10H2,1H3,(H,18,20). The van der Waals surface area contributed by atoms with Crippen molar-refractivity contribution in [1.29, 1.82) is 0 Å². The molecule has 0 atom stereocenters. The zero-order valence-corrected chi connectivity index (χ0v) is 13.2. The van der Waals surface area contributed by atoms with E-state index in [0.717, 1.165) is 11.3 Å². The molecule has 0 unspecified atom stereocenters. The van der Waals surface area contributed by atoms with E-state index < -0.39 is 0 Å². The number of aryl methyl sites for hydroxylation is 1. The van der Waals surface area contributed by atoms with Gasteiger partial charge in [0, 0.05) is 11.3 Å². The third kappa shape index (κ3) is 4.31. The van der Waals surface area contributed by atoms with Gasteiger partial charge in [0.25, 0.3) is 5.91 Å². The number of hydrogen-bond acceptors (Lipinski definition) is 3. The lowest BCUT2D eigenvalue weighted by Gasteiger charge is -2.12. The summed E-state index contributed by atoms with van der Waals surface area (Å²) in [5, 5.41) is 12.0. The number of rotatable bonds is 5. The van der Waals surface area contributed by atoms with Gasteiger partial charge in [-0.15, -0.1) is 0 Å². The summed E-state index contributed by atoms with van der Waals surface area (Å²) in [6, 6.07) is 12.9. The number of carbonyl (C=O) groups excluding carboxylic acids is 1. The summed E-state index contributed by atoms with van der Waals surface area (Å²) in [7, 11) is 0. The number of para-hydroxylation sites is 1. The Balaban J connectivity index is 1.99. The van der Waals surface area contributed by atoms with Gasteiger partial charge < -0.3 is 15.2 Å². The van der Waals surface area contributed by atoms with E-state index in [4.69, 9.17) is 4.74 Å². The Morgan fingerprint density at radius 1 is 1.29 bits per heavy atom. The Bertz CT molecular complexity index is 643. The molecule has 0 radical (unpaired) electrons. The number of halogens is 1. The van der Waals surface area contributed by atoms with Crippen molar-refractivity contribution in [2.45, 2.75) is 13.5 Å². The van der Waals surface area contributed by atoms with Crippen molar-refractivity contribution >= 4 is 27.5 Å². The summed E-state index contributed by atoms with van der Waals surface area (Å²) in [5.74, 6) is 0.236. The van der Waals surface area contributed by atoms with Gasteiger partial charge in [-0.05, 0) is 46.6 Å². The monoisotopic (exact) mass is 349 g/mol. The van der Waals surface area contributed by atoms with Crippen molar-refractivity contribution in [2.24, 2.45) is 0 Å². The maximum Gasteiger partial charge on any atom is 0.262 e. The van der Waals surface area contributed by atoms with Crippen LogP contribution in [0.4, 0.5) is 5.69 Å². The van der Waals surface area contributed by atoms with Gasteiger partial charge in [0.2, 0.25) is 0 Å². The zero-order chi connectivity index (χ0) is 15.2. The van der Waals surface area contributed by atoms with Gasteiger partial charge in [-0.2, -0.15) is 0 Å². The van der Waals surface area contributed by atoms with Crippen LogP contribution in [0.5, 0.6) is 5.75 Å². The second kappa shape index (κ2) is 7.24. The number of hydrogen-bond donors (Lipinski definition) is 2. The van der Waals surface area contributed by atoms with Gasteiger partial charge in [-0.3, -0.25) is 4.79 Å². The Hall–Kier alpha value is -1.85. The molecule has 1 amide bonds. The highest BCUT2D eigenvalue weighted by molar-refractivity contribution is 9.10. The molecule has 2 rings (SSSR count). The molecule has 0 aliphatic carbocycles. The van der Waals surface area contributed by atoms with E-state index in [1.807, 2.05) is 31.2 Å². The molecule has 0 heterocycles. The highest BCUT2D eigenvalue weighted by atomic mass is 79.9. The molecule has 0 aliphatic heterocycles. The third-order valence-corrected chi connectivity index (χ3v) is 3.49. The van der Waals surface area contributed by atoms with Crippen LogP contribution in [0.3, 0.4) is 0 Å². The van der Waals surface area contributed by atoms with E-state index in [1.165, 1.54) is 0 Å². The SMILES string of the molecule is Cc1cccc(NC(=O)COc2c(Br)cccc2CO)c1. The molecule has 2 aromatic rings. The topological polar surface area (TPSA) is 58.6 Å². The van der Waals surface area contributed by atoms with E-state index in [1.54, 1.807) is 18.2 Å². The van der Waals surface area contributed by atoms with Crippen LogP contribution in [0, 0.1) is 6.92 Å². The maximum atomic E-state index is 11.9. The molecular weight excluding hydrogens is 334 g/mol. The van der Waals surface area contributed by atoms with E-state index in [9.17, 15) is 9.90 Å². The van der Waals surface area contributed by atoms with Gasteiger partial charge in [0.1, 0.15) is 5.75 Å². The van der Waals surface area contributed by atoms with Crippen LogP contribution >= 0.6 is 15.9 Å². The lowest BCUT2D eigenvalue weighted by Crippen LogP contribution is -2.20. The minimum absolute atomic E-state index is 0.121. The first-order chi connectivity index (χ1) is 10.1. The molecule has 5 heteroatoms. The fraction of sp³-hybridized carbons (Fsp3) is 0.188.